The molecule has 0 heterocycles. The van der Waals surface area contributed by atoms with Crippen LogP contribution < -0.4 is 5.32 Å². The molecular formula is C27H19BrCl2N2O2. The summed E-state index contributed by atoms with van der Waals surface area (Å²) in [6.45, 7) is 0. The van der Waals surface area contributed by atoms with E-state index >= 15 is 0 Å². The number of hydrogen-bond acceptors (Lipinski definition) is 3. The van der Waals surface area contributed by atoms with Crippen LogP contribution in [0.1, 0.15) is 27.0 Å². The highest BCUT2D eigenvalue weighted by Gasteiger charge is 2.11. The molecule has 0 aromatic heterocycles. The molecule has 7 heteroatoms. The van der Waals surface area contributed by atoms with E-state index in [2.05, 4.69) is 38.4 Å². The maximum atomic E-state index is 12.5. The maximum absolute atomic E-state index is 12.5. The van der Waals surface area contributed by atoms with Crippen LogP contribution in [0.3, 0.4) is 0 Å². The zero-order valence-electron chi connectivity index (χ0n) is 17.8. The van der Waals surface area contributed by atoms with Gasteiger partial charge in [-0.05, 0) is 88.1 Å². The number of nitrogens with one attached hydrogen (secondary N) is 1. The minimum atomic E-state index is -0.331. The van der Waals surface area contributed by atoms with Gasteiger partial charge in [-0.1, -0.05) is 53.5 Å². The van der Waals surface area contributed by atoms with E-state index in [1.165, 1.54) is 11.6 Å². The monoisotopic (exact) mass is 552 g/mol. The minimum absolute atomic E-state index is 0.129. The molecule has 0 saturated heterocycles. The number of nitrogens with zero attached hydrogens (tertiary/aromatic N) is 1. The summed E-state index contributed by atoms with van der Waals surface area (Å²) in [7, 11) is 0. The number of amides is 1. The molecule has 0 radical (unpaired) electrons. The molecule has 0 atom stereocenters. The maximum Gasteiger partial charge on any atom is 0.257 e. The number of rotatable bonds is 6. The van der Waals surface area contributed by atoms with Gasteiger partial charge in [0, 0.05) is 22.5 Å². The second-order valence-electron chi connectivity index (χ2n) is 7.56. The van der Waals surface area contributed by atoms with E-state index < -0.39 is 0 Å². The summed E-state index contributed by atoms with van der Waals surface area (Å²) in [5, 5.41) is 14.0. The van der Waals surface area contributed by atoms with Gasteiger partial charge in [-0.25, -0.2) is 0 Å². The number of aromatic hydroxyl groups is 1. The van der Waals surface area contributed by atoms with Crippen LogP contribution in [-0.4, -0.2) is 17.2 Å². The van der Waals surface area contributed by atoms with Crippen LogP contribution >= 0.6 is 39.1 Å². The van der Waals surface area contributed by atoms with Gasteiger partial charge in [0.05, 0.1) is 20.7 Å². The average Bonchev–Trinajstić information content (AvgIpc) is 2.82. The second kappa shape index (κ2) is 10.9. The van der Waals surface area contributed by atoms with Crippen LogP contribution in [0.4, 0.5) is 11.4 Å². The van der Waals surface area contributed by atoms with E-state index in [0.29, 0.717) is 32.0 Å². The van der Waals surface area contributed by atoms with Gasteiger partial charge in [-0.3, -0.25) is 9.79 Å². The third kappa shape index (κ3) is 6.06. The van der Waals surface area contributed by atoms with Gasteiger partial charge in [0.2, 0.25) is 0 Å². The zero-order chi connectivity index (χ0) is 24.1. The molecule has 4 rings (SSSR count). The van der Waals surface area contributed by atoms with Gasteiger partial charge in [0.25, 0.3) is 5.91 Å². The van der Waals surface area contributed by atoms with Crippen LogP contribution in [0.25, 0.3) is 0 Å². The van der Waals surface area contributed by atoms with Crippen LogP contribution in [0.5, 0.6) is 5.75 Å². The number of phenolic OH excluding ortho intramolecular Hbond substituents is 1. The molecule has 2 N–H and O–H groups in total. The number of anilines is 1. The van der Waals surface area contributed by atoms with Crippen molar-refractivity contribution in [2.24, 2.45) is 4.99 Å². The Balaban J connectivity index is 1.47. The van der Waals surface area contributed by atoms with E-state index in [-0.39, 0.29) is 16.7 Å². The fourth-order valence-corrected chi connectivity index (χ4v) is 4.38. The number of phenols is 1. The quantitative estimate of drug-likeness (QED) is 0.237. The van der Waals surface area contributed by atoms with E-state index in [1.54, 1.807) is 42.6 Å². The Bertz CT molecular complexity index is 1360. The van der Waals surface area contributed by atoms with Gasteiger partial charge in [0.15, 0.2) is 0 Å². The highest BCUT2D eigenvalue weighted by atomic mass is 79.9. The highest BCUT2D eigenvalue weighted by Crippen LogP contribution is 2.30. The second-order valence-corrected chi connectivity index (χ2v) is 9.26. The number of aliphatic imine (C=N–C) groups is 1. The zero-order valence-corrected chi connectivity index (χ0v) is 20.9. The van der Waals surface area contributed by atoms with Gasteiger partial charge >= 0.3 is 0 Å². The molecule has 0 aliphatic rings. The number of halogens is 3. The average molecular weight is 554 g/mol. The van der Waals surface area contributed by atoms with Crippen molar-refractivity contribution in [1.29, 1.82) is 0 Å². The van der Waals surface area contributed by atoms with Gasteiger partial charge in [-0.2, -0.15) is 0 Å². The molecule has 1 amide bonds. The molecule has 170 valence electrons. The number of hydrogen-bond donors (Lipinski definition) is 2. The fraction of sp³-hybridized carbons (Fsp3) is 0.0370. The lowest BCUT2D eigenvalue weighted by molar-refractivity contribution is 0.102. The summed E-state index contributed by atoms with van der Waals surface area (Å²) in [6.07, 6.45) is 2.36. The standard InChI is InChI=1S/C27H19BrCl2N2O2/c28-24-14-18(12-17-4-2-1-3-5-17)13-19(26(24)33)16-31-21-7-9-22(10-8-21)32-27(34)23-11-6-20(29)15-25(23)30/h1-11,13-16,33H,12H2,(H,32,34). The van der Waals surface area contributed by atoms with E-state index in [0.717, 1.165) is 12.0 Å². The number of carbonyl (C=O) groups excluding carboxylic acids is 1. The molecule has 0 unspecified atom stereocenters. The SMILES string of the molecule is O=C(Nc1ccc(N=Cc2cc(Cc3ccccc3)cc(Br)c2O)cc1)c1ccc(Cl)cc1Cl. The van der Waals surface area contributed by atoms with Crippen LogP contribution in [0, 0.1) is 0 Å². The third-order valence-electron chi connectivity index (χ3n) is 5.06. The van der Waals surface area contributed by atoms with Crippen molar-refractivity contribution in [1.82, 2.24) is 0 Å². The first-order valence-electron chi connectivity index (χ1n) is 10.3. The molecular weight excluding hydrogens is 535 g/mol. The van der Waals surface area contributed by atoms with Gasteiger partial charge in [0.1, 0.15) is 5.75 Å². The van der Waals surface area contributed by atoms with Gasteiger partial charge < -0.3 is 10.4 Å². The summed E-state index contributed by atoms with van der Waals surface area (Å²) in [4.78, 5) is 16.9. The van der Waals surface area contributed by atoms with Crippen LogP contribution in [0.15, 0.2) is 94.4 Å². The first-order valence-corrected chi connectivity index (χ1v) is 11.9. The molecule has 34 heavy (non-hydrogen) atoms. The Morgan fingerprint density at radius 3 is 2.38 bits per heavy atom. The molecule has 0 aliphatic carbocycles. The Morgan fingerprint density at radius 1 is 0.941 bits per heavy atom. The Morgan fingerprint density at radius 2 is 1.68 bits per heavy atom. The highest BCUT2D eigenvalue weighted by molar-refractivity contribution is 9.10. The van der Waals surface area contributed by atoms with Crippen molar-refractivity contribution in [3.8, 4) is 5.75 Å². The van der Waals surface area contributed by atoms with Crippen molar-refractivity contribution in [2.75, 3.05) is 5.32 Å². The summed E-state index contributed by atoms with van der Waals surface area (Å²) in [5.74, 6) is -0.202. The molecule has 4 aromatic rings. The predicted molar refractivity (Wildman–Crippen MR) is 143 cm³/mol. The number of benzene rings is 4. The largest absolute Gasteiger partial charge is 0.506 e. The topological polar surface area (TPSA) is 61.7 Å². The van der Waals surface area contributed by atoms with Crippen molar-refractivity contribution < 1.29 is 9.90 Å². The van der Waals surface area contributed by atoms with Crippen molar-refractivity contribution >= 4 is 62.6 Å². The summed E-state index contributed by atoms with van der Waals surface area (Å²) in [5.41, 5.74) is 4.45. The molecule has 0 bridgehead atoms. The lowest BCUT2D eigenvalue weighted by atomic mass is 10.0. The number of carbonyl (C=O) groups is 1. The van der Waals surface area contributed by atoms with E-state index in [1.807, 2.05) is 30.3 Å². The Labute approximate surface area is 216 Å². The summed E-state index contributed by atoms with van der Waals surface area (Å²) >= 11 is 15.4. The van der Waals surface area contributed by atoms with Crippen molar-refractivity contribution in [2.45, 2.75) is 6.42 Å². The molecule has 0 saturated carbocycles. The molecule has 4 aromatic carbocycles. The normalized spacial score (nSPS) is 11.0. The van der Waals surface area contributed by atoms with Crippen LogP contribution in [-0.2, 0) is 6.42 Å². The minimum Gasteiger partial charge on any atom is -0.506 e. The Hall–Kier alpha value is -3.12. The summed E-state index contributed by atoms with van der Waals surface area (Å²) in [6, 6.07) is 25.7. The van der Waals surface area contributed by atoms with E-state index in [9.17, 15) is 9.90 Å². The van der Waals surface area contributed by atoms with E-state index in [4.69, 9.17) is 23.2 Å². The first kappa shape index (κ1) is 24.0. The fourth-order valence-electron chi connectivity index (χ4n) is 3.36. The Kier molecular flexibility index (Phi) is 7.68. The van der Waals surface area contributed by atoms with Crippen molar-refractivity contribution in [3.63, 3.8) is 0 Å². The first-order chi connectivity index (χ1) is 16.4. The molecule has 4 nitrogen and oxygen atoms in total. The van der Waals surface area contributed by atoms with Crippen molar-refractivity contribution in [3.05, 3.63) is 122 Å². The predicted octanol–water partition coefficient (Wildman–Crippen LogP) is 8.06. The lowest BCUT2D eigenvalue weighted by Crippen LogP contribution is -2.12. The van der Waals surface area contributed by atoms with Crippen LogP contribution in [0.2, 0.25) is 10.0 Å². The summed E-state index contributed by atoms with van der Waals surface area (Å²) < 4.78 is 0.612. The third-order valence-corrected chi connectivity index (χ3v) is 6.21. The lowest BCUT2D eigenvalue weighted by Gasteiger charge is -2.08. The van der Waals surface area contributed by atoms with Gasteiger partial charge in [-0.15, -0.1) is 0 Å². The smallest absolute Gasteiger partial charge is 0.257 e. The molecule has 0 aliphatic heterocycles. The molecule has 0 spiro atoms. The molecule has 0 fully saturated rings.